The fourth-order valence-electron chi connectivity index (χ4n) is 3.46. The predicted octanol–water partition coefficient (Wildman–Crippen LogP) is 4.07. The number of fused-ring (bicyclic) bond motifs is 1. The zero-order valence-corrected chi connectivity index (χ0v) is 19.1. The Labute approximate surface area is 198 Å². The van der Waals surface area contributed by atoms with Crippen molar-refractivity contribution in [2.75, 3.05) is 16.8 Å². The molecule has 0 unspecified atom stereocenters. The molecular weight excluding hydrogens is 454 g/mol. The van der Waals surface area contributed by atoms with Crippen molar-refractivity contribution < 1.29 is 4.79 Å². The summed E-state index contributed by atoms with van der Waals surface area (Å²) in [5.74, 6) is 0.891. The van der Waals surface area contributed by atoms with Gasteiger partial charge in [0.1, 0.15) is 0 Å². The van der Waals surface area contributed by atoms with Crippen molar-refractivity contribution in [2.45, 2.75) is 16.5 Å². The molecule has 0 bridgehead atoms. The van der Waals surface area contributed by atoms with Gasteiger partial charge in [-0.3, -0.25) is 19.5 Å². The lowest BCUT2D eigenvalue weighted by Crippen LogP contribution is -2.24. The molecule has 1 aliphatic heterocycles. The van der Waals surface area contributed by atoms with Crippen LogP contribution >= 0.6 is 23.5 Å². The zero-order chi connectivity index (χ0) is 22.6. The minimum Gasteiger partial charge on any atom is -0.294 e. The molecule has 7 nitrogen and oxygen atoms in total. The normalized spacial score (nSPS) is 12.4. The molecule has 2 aromatic heterocycles. The van der Waals surface area contributed by atoms with Gasteiger partial charge in [-0.2, -0.15) is 0 Å². The second kappa shape index (κ2) is 9.60. The first-order valence-corrected chi connectivity index (χ1v) is 12.3. The molecule has 9 heteroatoms. The Kier molecular flexibility index (Phi) is 6.23. The van der Waals surface area contributed by atoms with E-state index in [4.69, 9.17) is 4.98 Å². The average molecular weight is 474 g/mol. The molecule has 0 fully saturated rings. The van der Waals surface area contributed by atoms with Crippen LogP contribution in [0, 0.1) is 0 Å². The molecule has 1 amide bonds. The van der Waals surface area contributed by atoms with Gasteiger partial charge in [0.2, 0.25) is 11.9 Å². The fraction of sp³-hybridized carbons (Fsp3) is 0.125. The molecule has 3 heterocycles. The summed E-state index contributed by atoms with van der Waals surface area (Å²) in [7, 11) is 0. The fourth-order valence-corrected chi connectivity index (χ4v) is 5.31. The molecule has 0 aliphatic carbocycles. The third kappa shape index (κ3) is 4.69. The van der Waals surface area contributed by atoms with E-state index < -0.39 is 0 Å². The van der Waals surface area contributed by atoms with Crippen LogP contribution in [0.15, 0.2) is 87.9 Å². The quantitative estimate of drug-likeness (QED) is 0.333. The second-order valence-electron chi connectivity index (χ2n) is 7.24. The van der Waals surface area contributed by atoms with Crippen molar-refractivity contribution in [3.63, 3.8) is 0 Å². The number of aromatic nitrogens is 4. The third-order valence-electron chi connectivity index (χ3n) is 5.02. The number of carbonyl (C=O) groups is 1. The monoisotopic (exact) mass is 473 g/mol. The molecule has 33 heavy (non-hydrogen) atoms. The maximum atomic E-state index is 13.1. The van der Waals surface area contributed by atoms with E-state index in [1.807, 2.05) is 60.7 Å². The van der Waals surface area contributed by atoms with E-state index in [9.17, 15) is 9.59 Å². The summed E-state index contributed by atoms with van der Waals surface area (Å²) in [6, 6.07) is 19.2. The number of aryl methyl sites for hydroxylation is 1. The standard InChI is InChI=1S/C24H19N5O2S2/c30-20(28-23-25-13-17(14-26-23)16-7-3-1-4-8-16)15-33-24-27-19-11-12-32-21(19)22(31)29(24)18-9-5-2-6-10-18/h1-10,13-14H,11-12,15H2,(H,25,26,28,30). The van der Waals surface area contributed by atoms with Crippen LogP contribution in [0.2, 0.25) is 0 Å². The molecule has 4 aromatic rings. The molecule has 2 aromatic carbocycles. The topological polar surface area (TPSA) is 89.8 Å². The van der Waals surface area contributed by atoms with Gasteiger partial charge in [0.25, 0.3) is 5.56 Å². The number of amides is 1. The third-order valence-corrected chi connectivity index (χ3v) is 7.07. The van der Waals surface area contributed by atoms with Crippen LogP contribution < -0.4 is 10.9 Å². The maximum absolute atomic E-state index is 13.1. The Hall–Kier alpha value is -3.43. The lowest BCUT2D eigenvalue weighted by molar-refractivity contribution is -0.113. The Morgan fingerprint density at radius 1 is 1.00 bits per heavy atom. The highest BCUT2D eigenvalue weighted by molar-refractivity contribution is 8.00. The van der Waals surface area contributed by atoms with E-state index in [1.54, 1.807) is 17.0 Å². The SMILES string of the molecule is O=C(CSc1nc2c(c(=O)n1-c1ccccc1)SCC2)Nc1ncc(-c2ccccc2)cn1. The second-order valence-corrected chi connectivity index (χ2v) is 9.29. The van der Waals surface area contributed by atoms with E-state index >= 15 is 0 Å². The van der Waals surface area contributed by atoms with Gasteiger partial charge in [0.15, 0.2) is 5.16 Å². The van der Waals surface area contributed by atoms with Crippen LogP contribution in [0.4, 0.5) is 5.95 Å². The Bertz CT molecular complexity index is 1340. The van der Waals surface area contributed by atoms with Gasteiger partial charge >= 0.3 is 0 Å². The largest absolute Gasteiger partial charge is 0.294 e. The van der Waals surface area contributed by atoms with Crippen LogP contribution in [0.25, 0.3) is 16.8 Å². The van der Waals surface area contributed by atoms with Gasteiger partial charge in [0, 0.05) is 30.1 Å². The van der Waals surface area contributed by atoms with Crippen LogP contribution in [0.1, 0.15) is 5.69 Å². The molecular formula is C24H19N5O2S2. The van der Waals surface area contributed by atoms with Gasteiger partial charge in [-0.25, -0.2) is 15.0 Å². The molecule has 0 saturated heterocycles. The highest BCUT2D eigenvalue weighted by atomic mass is 32.2. The summed E-state index contributed by atoms with van der Waals surface area (Å²) in [6.07, 6.45) is 4.11. The molecule has 1 aliphatic rings. The van der Waals surface area contributed by atoms with Gasteiger partial charge in [-0.15, -0.1) is 11.8 Å². The van der Waals surface area contributed by atoms with Crippen LogP contribution in [0.5, 0.6) is 0 Å². The Morgan fingerprint density at radius 2 is 1.70 bits per heavy atom. The van der Waals surface area contributed by atoms with E-state index in [0.29, 0.717) is 10.1 Å². The number of para-hydroxylation sites is 1. The number of benzene rings is 2. The van der Waals surface area contributed by atoms with Crippen LogP contribution in [0.3, 0.4) is 0 Å². The predicted molar refractivity (Wildman–Crippen MR) is 131 cm³/mol. The summed E-state index contributed by atoms with van der Waals surface area (Å²) < 4.78 is 1.58. The number of nitrogens with one attached hydrogen (secondary N) is 1. The first kappa shape index (κ1) is 21.4. The van der Waals surface area contributed by atoms with Gasteiger partial charge in [-0.05, 0) is 17.7 Å². The van der Waals surface area contributed by atoms with E-state index in [1.165, 1.54) is 23.5 Å². The number of hydrogen-bond acceptors (Lipinski definition) is 7. The van der Waals surface area contributed by atoms with Crippen LogP contribution in [-0.2, 0) is 11.2 Å². The lowest BCUT2D eigenvalue weighted by Gasteiger charge is -2.13. The molecule has 164 valence electrons. The van der Waals surface area contributed by atoms with Crippen molar-refractivity contribution in [3.8, 4) is 16.8 Å². The number of rotatable bonds is 6. The van der Waals surface area contributed by atoms with Gasteiger partial charge < -0.3 is 0 Å². The maximum Gasteiger partial charge on any atom is 0.272 e. The molecule has 1 N–H and O–H groups in total. The van der Waals surface area contributed by atoms with Crippen molar-refractivity contribution in [1.29, 1.82) is 0 Å². The van der Waals surface area contributed by atoms with E-state index in [-0.39, 0.29) is 23.2 Å². The molecule has 0 radical (unpaired) electrons. The molecule has 0 spiro atoms. The van der Waals surface area contributed by atoms with Crippen molar-refractivity contribution >= 4 is 35.4 Å². The van der Waals surface area contributed by atoms with Gasteiger partial charge in [-0.1, -0.05) is 60.3 Å². The number of carbonyl (C=O) groups excluding carboxylic acids is 1. The van der Waals surface area contributed by atoms with E-state index in [0.717, 1.165) is 34.7 Å². The summed E-state index contributed by atoms with van der Waals surface area (Å²) in [6.45, 7) is 0. The first-order valence-electron chi connectivity index (χ1n) is 10.3. The molecule has 0 atom stereocenters. The molecule has 5 rings (SSSR count). The highest BCUT2D eigenvalue weighted by Crippen LogP contribution is 2.30. The lowest BCUT2D eigenvalue weighted by atomic mass is 10.1. The van der Waals surface area contributed by atoms with E-state index in [2.05, 4.69) is 15.3 Å². The minimum absolute atomic E-state index is 0.0784. The molecule has 0 saturated carbocycles. The number of anilines is 1. The highest BCUT2D eigenvalue weighted by Gasteiger charge is 2.23. The summed E-state index contributed by atoms with van der Waals surface area (Å²) in [4.78, 5) is 39.6. The van der Waals surface area contributed by atoms with Crippen LogP contribution in [-0.4, -0.2) is 36.9 Å². The Morgan fingerprint density at radius 3 is 2.42 bits per heavy atom. The van der Waals surface area contributed by atoms with Gasteiger partial charge in [0.05, 0.1) is 22.0 Å². The van der Waals surface area contributed by atoms with Crippen molar-refractivity contribution in [2.24, 2.45) is 0 Å². The number of thioether (sulfide) groups is 2. The van der Waals surface area contributed by atoms with Crippen molar-refractivity contribution in [3.05, 3.63) is 89.1 Å². The summed E-state index contributed by atoms with van der Waals surface area (Å²) >= 11 is 2.76. The number of nitrogens with zero attached hydrogens (tertiary/aromatic N) is 4. The summed E-state index contributed by atoms with van der Waals surface area (Å²) in [5, 5.41) is 3.22. The van der Waals surface area contributed by atoms with Crippen molar-refractivity contribution in [1.82, 2.24) is 19.5 Å². The Balaban J connectivity index is 1.32. The smallest absolute Gasteiger partial charge is 0.272 e. The minimum atomic E-state index is -0.267. The summed E-state index contributed by atoms with van der Waals surface area (Å²) in [5.41, 5.74) is 3.32. The first-order chi connectivity index (χ1) is 16.2. The average Bonchev–Trinajstić information content (AvgIpc) is 3.33. The number of hydrogen-bond donors (Lipinski definition) is 1. The zero-order valence-electron chi connectivity index (χ0n) is 17.5.